The average Bonchev–Trinajstić information content (AvgIpc) is 2.03. The highest BCUT2D eigenvalue weighted by Crippen LogP contribution is 2.15. The van der Waals surface area contributed by atoms with E-state index in [-0.39, 0.29) is 5.56 Å². The summed E-state index contributed by atoms with van der Waals surface area (Å²) in [7, 11) is -4.71. The van der Waals surface area contributed by atoms with Gasteiger partial charge in [0.2, 0.25) is 0 Å². The maximum Gasteiger partial charge on any atom is 0.332 e. The van der Waals surface area contributed by atoms with Crippen LogP contribution in [-0.2, 0) is 10.2 Å². The lowest BCUT2D eigenvalue weighted by Crippen LogP contribution is -1.95. The maximum atomic E-state index is 12.4. The number of carbonyl (C=O) groups is 1. The quantitative estimate of drug-likeness (QED) is 0.539. The average molecular weight is 202 g/mol. The second-order valence-electron chi connectivity index (χ2n) is 2.57. The maximum absolute atomic E-state index is 12.4. The Kier molecular flexibility index (Phi) is 2.47. The number of carbonyl (C=O) groups excluding carboxylic acids is 1. The summed E-state index contributed by atoms with van der Waals surface area (Å²) in [5, 5.41) is 0. The summed E-state index contributed by atoms with van der Waals surface area (Å²) in [4.78, 5) is 9.90. The van der Waals surface area contributed by atoms with Crippen molar-refractivity contribution in [2.24, 2.45) is 0 Å². The Morgan fingerprint density at radius 2 is 2.00 bits per heavy atom. The zero-order chi connectivity index (χ0) is 10.1. The number of aldehydes is 1. The second-order valence-corrected chi connectivity index (χ2v) is 3.92. The zero-order valence-corrected chi connectivity index (χ0v) is 7.64. The fraction of sp³-hybridized carbons (Fsp3) is 0.125. The van der Waals surface area contributed by atoms with Gasteiger partial charge in [0, 0.05) is 5.56 Å². The van der Waals surface area contributed by atoms with E-state index in [0.29, 0.717) is 11.8 Å². The van der Waals surface area contributed by atoms with E-state index >= 15 is 0 Å². The van der Waals surface area contributed by atoms with E-state index in [2.05, 4.69) is 0 Å². The molecule has 13 heavy (non-hydrogen) atoms. The molecule has 0 N–H and O–H groups in total. The van der Waals surface area contributed by atoms with Crippen LogP contribution in [-0.4, -0.2) is 14.7 Å². The van der Waals surface area contributed by atoms with Gasteiger partial charge in [0.25, 0.3) is 0 Å². The van der Waals surface area contributed by atoms with Crippen LogP contribution in [0.3, 0.4) is 0 Å². The molecule has 3 nitrogen and oxygen atoms in total. The number of halogens is 1. The van der Waals surface area contributed by atoms with E-state index in [1.807, 2.05) is 0 Å². The number of rotatable bonds is 2. The summed E-state index contributed by atoms with van der Waals surface area (Å²) in [6.45, 7) is 1.64. The monoisotopic (exact) mass is 202 g/mol. The molecule has 0 bridgehead atoms. The van der Waals surface area contributed by atoms with Crippen LogP contribution >= 0.6 is 0 Å². The Morgan fingerprint density at radius 1 is 1.38 bits per heavy atom. The first-order valence-electron chi connectivity index (χ1n) is 3.45. The van der Waals surface area contributed by atoms with Crippen LogP contribution in [0, 0.1) is 6.92 Å². The summed E-state index contributed by atoms with van der Waals surface area (Å²) >= 11 is 0. The Bertz CT molecular complexity index is 437. The molecule has 0 aliphatic carbocycles. The topological polar surface area (TPSA) is 51.2 Å². The fourth-order valence-corrected chi connectivity index (χ4v) is 1.40. The molecule has 0 aliphatic rings. The molecular weight excluding hydrogens is 195 g/mol. The Labute approximate surface area is 75.4 Å². The number of hydrogen-bond donors (Lipinski definition) is 0. The molecule has 0 amide bonds. The van der Waals surface area contributed by atoms with Gasteiger partial charge in [-0.3, -0.25) is 4.79 Å². The third kappa shape index (κ3) is 2.12. The molecule has 0 saturated carbocycles. The molecule has 0 unspecified atom stereocenters. The van der Waals surface area contributed by atoms with Gasteiger partial charge in [-0.05, 0) is 24.6 Å². The SMILES string of the molecule is Cc1ccc(S(=O)(=O)F)cc1C=O. The van der Waals surface area contributed by atoms with Gasteiger partial charge >= 0.3 is 10.2 Å². The van der Waals surface area contributed by atoms with Crippen LogP contribution in [0.15, 0.2) is 23.1 Å². The molecule has 0 radical (unpaired) electrons. The van der Waals surface area contributed by atoms with E-state index in [1.165, 1.54) is 6.07 Å². The Hall–Kier alpha value is -1.23. The lowest BCUT2D eigenvalue weighted by atomic mass is 10.1. The molecule has 70 valence electrons. The summed E-state index contributed by atoms with van der Waals surface area (Å²) in [5.74, 6) is 0. The van der Waals surface area contributed by atoms with Crippen LogP contribution in [0.1, 0.15) is 15.9 Å². The second kappa shape index (κ2) is 3.26. The van der Waals surface area contributed by atoms with E-state index in [0.717, 1.165) is 12.1 Å². The number of hydrogen-bond acceptors (Lipinski definition) is 3. The minimum absolute atomic E-state index is 0.179. The first kappa shape index (κ1) is 9.85. The Morgan fingerprint density at radius 3 is 2.46 bits per heavy atom. The zero-order valence-electron chi connectivity index (χ0n) is 6.82. The number of aryl methyl sites for hydroxylation is 1. The van der Waals surface area contributed by atoms with Crippen molar-refractivity contribution in [3.05, 3.63) is 29.3 Å². The lowest BCUT2D eigenvalue weighted by molar-refractivity contribution is 0.112. The minimum atomic E-state index is -4.71. The van der Waals surface area contributed by atoms with Crippen LogP contribution in [0.2, 0.25) is 0 Å². The van der Waals surface area contributed by atoms with E-state index < -0.39 is 15.1 Å². The third-order valence-electron chi connectivity index (χ3n) is 1.66. The van der Waals surface area contributed by atoms with Gasteiger partial charge in [0.15, 0.2) is 0 Å². The van der Waals surface area contributed by atoms with Crippen molar-refractivity contribution < 1.29 is 17.1 Å². The molecule has 0 spiro atoms. The smallest absolute Gasteiger partial charge is 0.298 e. The van der Waals surface area contributed by atoms with Gasteiger partial charge < -0.3 is 0 Å². The third-order valence-corrected chi connectivity index (χ3v) is 2.48. The van der Waals surface area contributed by atoms with E-state index in [1.54, 1.807) is 6.92 Å². The molecule has 0 atom stereocenters. The normalized spacial score (nSPS) is 11.2. The van der Waals surface area contributed by atoms with Crippen molar-refractivity contribution in [3.8, 4) is 0 Å². The van der Waals surface area contributed by atoms with Crippen molar-refractivity contribution in [3.63, 3.8) is 0 Å². The largest absolute Gasteiger partial charge is 0.332 e. The van der Waals surface area contributed by atoms with E-state index in [4.69, 9.17) is 0 Å². The van der Waals surface area contributed by atoms with Gasteiger partial charge in [-0.2, -0.15) is 8.42 Å². The van der Waals surface area contributed by atoms with Gasteiger partial charge in [0.05, 0.1) is 4.90 Å². The van der Waals surface area contributed by atoms with Crippen LogP contribution < -0.4 is 0 Å². The summed E-state index contributed by atoms with van der Waals surface area (Å²) in [5.41, 5.74) is 0.793. The fourth-order valence-electron chi connectivity index (χ4n) is 0.897. The van der Waals surface area contributed by atoms with Gasteiger partial charge in [-0.25, -0.2) is 0 Å². The first-order valence-corrected chi connectivity index (χ1v) is 4.84. The van der Waals surface area contributed by atoms with Crippen molar-refractivity contribution in [2.45, 2.75) is 11.8 Å². The minimum Gasteiger partial charge on any atom is -0.298 e. The molecule has 1 rings (SSSR count). The Balaban J connectivity index is 3.38. The van der Waals surface area contributed by atoms with Crippen molar-refractivity contribution in [1.82, 2.24) is 0 Å². The van der Waals surface area contributed by atoms with Crippen molar-refractivity contribution in [1.29, 1.82) is 0 Å². The van der Waals surface area contributed by atoms with Gasteiger partial charge in [0.1, 0.15) is 6.29 Å². The first-order chi connectivity index (χ1) is 5.95. The molecule has 0 aromatic heterocycles. The van der Waals surface area contributed by atoms with Crippen LogP contribution in [0.4, 0.5) is 3.89 Å². The van der Waals surface area contributed by atoms with Gasteiger partial charge in [-0.1, -0.05) is 6.07 Å². The molecule has 0 saturated heterocycles. The molecule has 0 fully saturated rings. The molecule has 5 heteroatoms. The van der Waals surface area contributed by atoms with Crippen LogP contribution in [0.25, 0.3) is 0 Å². The highest BCUT2D eigenvalue weighted by Gasteiger charge is 2.12. The standard InChI is InChI=1S/C8H7FO3S/c1-6-2-3-8(13(9,11)12)4-7(6)5-10/h2-5H,1H3. The lowest BCUT2D eigenvalue weighted by Gasteiger charge is -1.99. The van der Waals surface area contributed by atoms with E-state index in [9.17, 15) is 17.1 Å². The molecule has 1 aromatic rings. The summed E-state index contributed by atoms with van der Waals surface area (Å²) < 4.78 is 33.3. The molecule has 0 heterocycles. The predicted octanol–water partition coefficient (Wildman–Crippen LogP) is 1.47. The summed E-state index contributed by atoms with van der Waals surface area (Å²) in [6, 6.07) is 3.52. The molecular formula is C8H7FO3S. The highest BCUT2D eigenvalue weighted by atomic mass is 32.3. The number of benzene rings is 1. The molecule has 1 aromatic carbocycles. The molecule has 0 aliphatic heterocycles. The van der Waals surface area contributed by atoms with Crippen LogP contribution in [0.5, 0.6) is 0 Å². The summed E-state index contributed by atoms with van der Waals surface area (Å²) in [6.07, 6.45) is 0.490. The highest BCUT2D eigenvalue weighted by molar-refractivity contribution is 7.86. The van der Waals surface area contributed by atoms with Gasteiger partial charge in [-0.15, -0.1) is 3.89 Å². The van der Waals surface area contributed by atoms with Crippen molar-refractivity contribution >= 4 is 16.5 Å². The van der Waals surface area contributed by atoms with Crippen molar-refractivity contribution in [2.75, 3.05) is 0 Å². The predicted molar refractivity (Wildman–Crippen MR) is 44.9 cm³/mol.